The zero-order valence-corrected chi connectivity index (χ0v) is 17.5. The van der Waals surface area contributed by atoms with Crippen LogP contribution < -0.4 is 5.32 Å². The summed E-state index contributed by atoms with van der Waals surface area (Å²) in [6.45, 7) is 1.24. The first kappa shape index (κ1) is 20.4. The molecule has 154 valence electrons. The minimum absolute atomic E-state index is 0.0126. The number of nitrogens with one attached hydrogen (secondary N) is 1. The molecule has 2 aromatic rings. The van der Waals surface area contributed by atoms with Crippen LogP contribution in [0.25, 0.3) is 5.57 Å². The molecule has 2 heterocycles. The highest BCUT2D eigenvalue weighted by atomic mass is 35.5. The Kier molecular flexibility index (Phi) is 5.79. The molecule has 0 aromatic heterocycles. The Labute approximate surface area is 184 Å². The summed E-state index contributed by atoms with van der Waals surface area (Å²) < 4.78 is 0. The molecule has 0 aliphatic carbocycles. The largest absolute Gasteiger partial charge is 0.335 e. The Morgan fingerprint density at radius 3 is 2.57 bits per heavy atom. The first-order valence-electron chi connectivity index (χ1n) is 9.53. The third-order valence-corrected chi connectivity index (χ3v) is 5.98. The Morgan fingerprint density at radius 1 is 1.07 bits per heavy atom. The monoisotopic (exact) mass is 443 g/mol. The van der Waals surface area contributed by atoms with Gasteiger partial charge in [0.2, 0.25) is 5.91 Å². The Morgan fingerprint density at radius 2 is 1.90 bits per heavy atom. The summed E-state index contributed by atoms with van der Waals surface area (Å²) in [6.07, 6.45) is 2.74. The van der Waals surface area contributed by atoms with Gasteiger partial charge in [0, 0.05) is 18.7 Å². The lowest BCUT2D eigenvalue weighted by molar-refractivity contribution is -0.125. The number of imide groups is 1. The van der Waals surface area contributed by atoms with E-state index in [4.69, 9.17) is 23.2 Å². The molecule has 8 heteroatoms. The number of halogens is 2. The van der Waals surface area contributed by atoms with Gasteiger partial charge in [-0.3, -0.25) is 14.5 Å². The third kappa shape index (κ3) is 4.20. The van der Waals surface area contributed by atoms with Gasteiger partial charge in [0.05, 0.1) is 23.1 Å². The minimum Gasteiger partial charge on any atom is -0.335 e. The second-order valence-electron chi connectivity index (χ2n) is 7.20. The average molecular weight is 444 g/mol. The van der Waals surface area contributed by atoms with Crippen LogP contribution in [0.1, 0.15) is 27.9 Å². The number of carbonyl (C=O) groups excluding carboxylic acids is 3. The zero-order valence-electron chi connectivity index (χ0n) is 16.0. The number of nitrogens with zero attached hydrogens (tertiary/aromatic N) is 2. The van der Waals surface area contributed by atoms with E-state index in [-0.39, 0.29) is 24.9 Å². The van der Waals surface area contributed by atoms with E-state index in [1.807, 2.05) is 18.2 Å². The zero-order chi connectivity index (χ0) is 21.3. The molecule has 1 saturated heterocycles. The highest BCUT2D eigenvalue weighted by Crippen LogP contribution is 2.29. The van der Waals surface area contributed by atoms with Gasteiger partial charge >= 0.3 is 6.03 Å². The lowest BCUT2D eigenvalue weighted by Gasteiger charge is -2.27. The van der Waals surface area contributed by atoms with Crippen molar-refractivity contribution in [3.05, 3.63) is 75.3 Å². The molecule has 6 nitrogen and oxygen atoms in total. The maximum Gasteiger partial charge on any atom is 0.324 e. The van der Waals surface area contributed by atoms with Crippen molar-refractivity contribution in [2.45, 2.75) is 13.0 Å². The maximum atomic E-state index is 13.0. The second kappa shape index (κ2) is 8.50. The Balaban J connectivity index is 1.45. The topological polar surface area (TPSA) is 69.7 Å². The summed E-state index contributed by atoms with van der Waals surface area (Å²) in [5.74, 6) is -0.355. The van der Waals surface area contributed by atoms with Gasteiger partial charge in [-0.05, 0) is 47.4 Å². The standard InChI is InChI=1S/C22H19Cl2N3O3/c23-18-5-4-16(11-19(18)24)15-6-8-26(9-7-15)21(29)17-3-1-2-14(10-17)13-27-20(28)12-25-22(27)30/h1-6,10-11H,7-9,12-13H2,(H,25,30). The van der Waals surface area contributed by atoms with Crippen LogP contribution in [0.3, 0.4) is 0 Å². The molecule has 2 aromatic carbocycles. The summed E-state index contributed by atoms with van der Waals surface area (Å²) in [5, 5.41) is 3.52. The number of urea groups is 1. The van der Waals surface area contributed by atoms with Crippen LogP contribution in [-0.4, -0.2) is 47.3 Å². The summed E-state index contributed by atoms with van der Waals surface area (Å²) >= 11 is 12.1. The third-order valence-electron chi connectivity index (χ3n) is 5.24. The molecular formula is C22H19Cl2N3O3. The minimum atomic E-state index is -0.410. The number of hydrogen-bond donors (Lipinski definition) is 1. The smallest absolute Gasteiger partial charge is 0.324 e. The average Bonchev–Trinajstić information content (AvgIpc) is 3.07. The predicted octanol–water partition coefficient (Wildman–Crippen LogP) is 3.97. The van der Waals surface area contributed by atoms with Crippen molar-refractivity contribution in [1.82, 2.24) is 15.1 Å². The molecule has 0 bridgehead atoms. The van der Waals surface area contributed by atoms with Gasteiger partial charge < -0.3 is 10.2 Å². The molecule has 0 saturated carbocycles. The Hall–Kier alpha value is -2.83. The van der Waals surface area contributed by atoms with Gasteiger partial charge in [0.25, 0.3) is 5.91 Å². The van der Waals surface area contributed by atoms with E-state index in [2.05, 4.69) is 5.32 Å². The summed E-state index contributed by atoms with van der Waals surface area (Å²) in [5.41, 5.74) is 3.40. The fourth-order valence-electron chi connectivity index (χ4n) is 3.59. The lowest BCUT2D eigenvalue weighted by Crippen LogP contribution is -2.35. The molecule has 0 atom stereocenters. The highest BCUT2D eigenvalue weighted by molar-refractivity contribution is 6.42. The Bertz CT molecular complexity index is 1050. The molecule has 0 spiro atoms. The van der Waals surface area contributed by atoms with Crippen LogP contribution in [0.15, 0.2) is 48.5 Å². The molecule has 2 aliphatic heterocycles. The predicted molar refractivity (Wildman–Crippen MR) is 115 cm³/mol. The molecule has 0 radical (unpaired) electrons. The number of hydrogen-bond acceptors (Lipinski definition) is 3. The van der Waals surface area contributed by atoms with Gasteiger partial charge in [0.15, 0.2) is 0 Å². The van der Waals surface area contributed by atoms with E-state index < -0.39 is 6.03 Å². The van der Waals surface area contributed by atoms with E-state index in [9.17, 15) is 14.4 Å². The normalized spacial score (nSPS) is 16.5. The van der Waals surface area contributed by atoms with Crippen LogP contribution in [-0.2, 0) is 11.3 Å². The van der Waals surface area contributed by atoms with Crippen LogP contribution in [0, 0.1) is 0 Å². The van der Waals surface area contributed by atoms with Crippen LogP contribution in [0.5, 0.6) is 0 Å². The first-order chi connectivity index (χ1) is 14.4. The van der Waals surface area contributed by atoms with E-state index in [0.29, 0.717) is 35.1 Å². The first-order valence-corrected chi connectivity index (χ1v) is 10.3. The SMILES string of the molecule is O=C(c1cccc(CN2C(=O)CNC2=O)c1)N1CC=C(c2ccc(Cl)c(Cl)c2)CC1. The van der Waals surface area contributed by atoms with E-state index in [0.717, 1.165) is 21.6 Å². The van der Waals surface area contributed by atoms with Crippen molar-refractivity contribution >= 4 is 46.6 Å². The maximum absolute atomic E-state index is 13.0. The van der Waals surface area contributed by atoms with Gasteiger partial charge in [-0.2, -0.15) is 0 Å². The van der Waals surface area contributed by atoms with E-state index >= 15 is 0 Å². The summed E-state index contributed by atoms with van der Waals surface area (Å²) in [7, 11) is 0. The van der Waals surface area contributed by atoms with Gasteiger partial charge in [-0.25, -0.2) is 4.79 Å². The fraction of sp³-hybridized carbons (Fsp3) is 0.227. The molecule has 4 amide bonds. The summed E-state index contributed by atoms with van der Waals surface area (Å²) in [4.78, 5) is 39.4. The molecule has 1 N–H and O–H groups in total. The quantitative estimate of drug-likeness (QED) is 0.726. The van der Waals surface area contributed by atoms with Crippen LogP contribution in [0.2, 0.25) is 10.0 Å². The lowest BCUT2D eigenvalue weighted by atomic mass is 9.99. The summed E-state index contributed by atoms with van der Waals surface area (Å²) in [6, 6.07) is 12.2. The number of carbonyl (C=O) groups is 3. The number of rotatable bonds is 4. The van der Waals surface area contributed by atoms with Gasteiger partial charge in [-0.1, -0.05) is 47.5 Å². The van der Waals surface area contributed by atoms with Gasteiger partial charge in [0.1, 0.15) is 0 Å². The molecule has 30 heavy (non-hydrogen) atoms. The van der Waals surface area contributed by atoms with Crippen molar-refractivity contribution in [1.29, 1.82) is 0 Å². The highest BCUT2D eigenvalue weighted by Gasteiger charge is 2.28. The van der Waals surface area contributed by atoms with Crippen molar-refractivity contribution in [3.8, 4) is 0 Å². The van der Waals surface area contributed by atoms with Crippen LogP contribution in [0.4, 0.5) is 4.79 Å². The van der Waals surface area contributed by atoms with E-state index in [1.165, 1.54) is 0 Å². The van der Waals surface area contributed by atoms with Crippen molar-refractivity contribution in [2.75, 3.05) is 19.6 Å². The number of benzene rings is 2. The van der Waals surface area contributed by atoms with Gasteiger partial charge in [-0.15, -0.1) is 0 Å². The van der Waals surface area contributed by atoms with E-state index in [1.54, 1.807) is 35.2 Å². The van der Waals surface area contributed by atoms with Crippen molar-refractivity contribution in [3.63, 3.8) is 0 Å². The van der Waals surface area contributed by atoms with Crippen LogP contribution >= 0.6 is 23.2 Å². The molecule has 0 unspecified atom stereocenters. The molecule has 2 aliphatic rings. The molecular weight excluding hydrogens is 425 g/mol. The fourth-order valence-corrected chi connectivity index (χ4v) is 3.89. The second-order valence-corrected chi connectivity index (χ2v) is 8.01. The molecule has 4 rings (SSSR count). The number of amides is 4. The molecule has 1 fully saturated rings. The van der Waals surface area contributed by atoms with Crippen molar-refractivity contribution < 1.29 is 14.4 Å². The van der Waals surface area contributed by atoms with Crippen molar-refractivity contribution in [2.24, 2.45) is 0 Å².